The van der Waals surface area contributed by atoms with Crippen LogP contribution in [0, 0.1) is 6.92 Å². The Bertz CT molecular complexity index is 842. The van der Waals surface area contributed by atoms with Crippen molar-refractivity contribution in [1.82, 2.24) is 9.88 Å². The summed E-state index contributed by atoms with van der Waals surface area (Å²) in [7, 11) is 0. The van der Waals surface area contributed by atoms with Crippen molar-refractivity contribution in [3.05, 3.63) is 52.8 Å². The van der Waals surface area contributed by atoms with Gasteiger partial charge >= 0.3 is 0 Å². The van der Waals surface area contributed by atoms with Crippen molar-refractivity contribution in [3.63, 3.8) is 0 Å². The topological polar surface area (TPSA) is 63.7 Å². The molecule has 4 rings (SSSR count). The second kappa shape index (κ2) is 7.46. The van der Waals surface area contributed by atoms with E-state index in [0.717, 1.165) is 16.9 Å². The summed E-state index contributed by atoms with van der Waals surface area (Å²) in [4.78, 5) is 18.9. The molecule has 2 aliphatic rings. The zero-order chi connectivity index (χ0) is 18.9. The van der Waals surface area contributed by atoms with Gasteiger partial charge in [-0.25, -0.2) is 0 Å². The number of aromatic nitrogens is 1. The molecule has 0 saturated carbocycles. The zero-order valence-electron chi connectivity index (χ0n) is 15.2. The van der Waals surface area contributed by atoms with Crippen molar-refractivity contribution in [2.75, 3.05) is 31.6 Å². The van der Waals surface area contributed by atoms with Crippen LogP contribution in [0.4, 0.5) is 11.4 Å². The van der Waals surface area contributed by atoms with Crippen molar-refractivity contribution in [1.29, 1.82) is 0 Å². The number of nitrogens with one attached hydrogen (secondary N) is 1. The summed E-state index contributed by atoms with van der Waals surface area (Å²) >= 11 is 6.01. The normalized spacial score (nSPS) is 18.7. The molecule has 2 aromatic rings. The van der Waals surface area contributed by atoms with Crippen molar-refractivity contribution < 1.29 is 14.3 Å². The summed E-state index contributed by atoms with van der Waals surface area (Å²) in [6.07, 6.45) is 4.72. The minimum atomic E-state index is -0.482. The summed E-state index contributed by atoms with van der Waals surface area (Å²) < 4.78 is 11.5. The monoisotopic (exact) mass is 387 g/mol. The van der Waals surface area contributed by atoms with Crippen LogP contribution in [-0.2, 0) is 9.47 Å². The van der Waals surface area contributed by atoms with Gasteiger partial charge in [0.15, 0.2) is 5.79 Å². The Hall–Kier alpha value is -2.15. The van der Waals surface area contributed by atoms with Gasteiger partial charge in [0.25, 0.3) is 5.91 Å². The number of likely N-dealkylation sites (tertiary alicyclic amines) is 1. The van der Waals surface area contributed by atoms with Gasteiger partial charge in [0.1, 0.15) is 0 Å². The van der Waals surface area contributed by atoms with Crippen LogP contribution in [0.2, 0.25) is 5.02 Å². The molecule has 1 N–H and O–H groups in total. The van der Waals surface area contributed by atoms with Crippen LogP contribution in [0.15, 0.2) is 36.7 Å². The molecule has 0 radical (unpaired) electrons. The molecule has 2 fully saturated rings. The number of benzene rings is 1. The Morgan fingerprint density at radius 3 is 2.63 bits per heavy atom. The zero-order valence-corrected chi connectivity index (χ0v) is 16.0. The maximum atomic E-state index is 12.9. The van der Waals surface area contributed by atoms with E-state index in [1.54, 1.807) is 12.4 Å². The third kappa shape index (κ3) is 3.93. The number of halogens is 1. The summed E-state index contributed by atoms with van der Waals surface area (Å²) in [5.41, 5.74) is 3.29. The van der Waals surface area contributed by atoms with E-state index in [9.17, 15) is 4.79 Å². The number of amides is 1. The first-order valence-corrected chi connectivity index (χ1v) is 9.48. The molecule has 2 saturated heterocycles. The molecule has 6 nitrogen and oxygen atoms in total. The van der Waals surface area contributed by atoms with E-state index in [0.29, 0.717) is 49.7 Å². The van der Waals surface area contributed by atoms with E-state index in [1.165, 1.54) is 0 Å². The molecule has 1 aromatic heterocycles. The third-order valence-corrected chi connectivity index (χ3v) is 5.31. The Morgan fingerprint density at radius 1 is 1.19 bits per heavy atom. The Labute approximate surface area is 163 Å². The SMILES string of the molecule is Cc1cc(Cl)ccc1Nc1cncc(C(=O)N2CCC3(CC2)OCCO3)c1. The number of aryl methyl sites for hydroxylation is 1. The fraction of sp³-hybridized carbons (Fsp3) is 0.400. The average Bonchev–Trinajstić information content (AvgIpc) is 3.12. The standard InChI is InChI=1S/C20H22ClN3O3/c1-14-10-16(21)2-3-18(14)23-17-11-15(12-22-13-17)19(25)24-6-4-20(5-7-24)26-8-9-27-20/h2-3,10-13,23H,4-9H2,1H3. The predicted octanol–water partition coefficient (Wildman–Crippen LogP) is 3.77. The average molecular weight is 388 g/mol. The van der Waals surface area contributed by atoms with Gasteiger partial charge in [0, 0.05) is 42.8 Å². The largest absolute Gasteiger partial charge is 0.354 e. The molecular weight excluding hydrogens is 366 g/mol. The molecule has 142 valence electrons. The highest BCUT2D eigenvalue weighted by Crippen LogP contribution is 2.32. The fourth-order valence-electron chi connectivity index (χ4n) is 3.57. The first-order chi connectivity index (χ1) is 13.0. The highest BCUT2D eigenvalue weighted by Gasteiger charge is 2.40. The van der Waals surface area contributed by atoms with Crippen LogP contribution >= 0.6 is 11.6 Å². The number of carbonyl (C=O) groups is 1. The summed E-state index contributed by atoms with van der Waals surface area (Å²) in [5.74, 6) is -0.503. The van der Waals surface area contributed by atoms with Crippen molar-refractivity contribution in [2.45, 2.75) is 25.6 Å². The Morgan fingerprint density at radius 2 is 1.93 bits per heavy atom. The highest BCUT2D eigenvalue weighted by molar-refractivity contribution is 6.30. The van der Waals surface area contributed by atoms with Crippen molar-refractivity contribution in [3.8, 4) is 0 Å². The minimum Gasteiger partial charge on any atom is -0.354 e. The molecule has 3 heterocycles. The maximum absolute atomic E-state index is 12.9. The third-order valence-electron chi connectivity index (χ3n) is 5.08. The number of hydrogen-bond donors (Lipinski definition) is 1. The molecule has 1 aromatic carbocycles. The van der Waals surface area contributed by atoms with Gasteiger partial charge in [-0.2, -0.15) is 0 Å². The number of hydrogen-bond acceptors (Lipinski definition) is 5. The summed E-state index contributed by atoms with van der Waals surface area (Å²) in [6, 6.07) is 7.47. The van der Waals surface area contributed by atoms with E-state index in [2.05, 4.69) is 10.3 Å². The lowest BCUT2D eigenvalue weighted by molar-refractivity contribution is -0.181. The van der Waals surface area contributed by atoms with Gasteiger partial charge in [-0.05, 0) is 36.8 Å². The second-order valence-corrected chi connectivity index (χ2v) is 7.38. The van der Waals surface area contributed by atoms with Crippen molar-refractivity contribution in [2.24, 2.45) is 0 Å². The molecule has 7 heteroatoms. The lowest BCUT2D eigenvalue weighted by Gasteiger charge is -2.37. The van der Waals surface area contributed by atoms with Gasteiger partial charge in [-0.3, -0.25) is 9.78 Å². The minimum absolute atomic E-state index is 0.0215. The molecule has 27 heavy (non-hydrogen) atoms. The summed E-state index contributed by atoms with van der Waals surface area (Å²) in [6.45, 7) is 4.48. The van der Waals surface area contributed by atoms with Crippen LogP contribution in [-0.4, -0.2) is 47.9 Å². The number of rotatable bonds is 3. The van der Waals surface area contributed by atoms with E-state index in [1.807, 2.05) is 36.1 Å². The van der Waals surface area contributed by atoms with Gasteiger partial charge in [-0.1, -0.05) is 11.6 Å². The van der Waals surface area contributed by atoms with Crippen LogP contribution in [0.5, 0.6) is 0 Å². The lowest BCUT2D eigenvalue weighted by atomic mass is 10.0. The van der Waals surface area contributed by atoms with Gasteiger partial charge < -0.3 is 19.7 Å². The van der Waals surface area contributed by atoms with Crippen molar-refractivity contribution >= 4 is 28.9 Å². The van der Waals surface area contributed by atoms with Gasteiger partial charge in [0.2, 0.25) is 0 Å². The Balaban J connectivity index is 1.45. The second-order valence-electron chi connectivity index (χ2n) is 6.95. The number of nitrogens with zero attached hydrogens (tertiary/aromatic N) is 2. The lowest BCUT2D eigenvalue weighted by Crippen LogP contribution is -2.47. The smallest absolute Gasteiger partial charge is 0.255 e. The van der Waals surface area contributed by atoms with Gasteiger partial charge in [0.05, 0.1) is 30.7 Å². The highest BCUT2D eigenvalue weighted by atomic mass is 35.5. The fourth-order valence-corrected chi connectivity index (χ4v) is 3.79. The number of piperidine rings is 1. The molecule has 0 atom stereocenters. The Kier molecular flexibility index (Phi) is 5.04. The molecule has 2 aliphatic heterocycles. The molecule has 1 spiro atoms. The van der Waals surface area contributed by atoms with Crippen LogP contribution in [0.1, 0.15) is 28.8 Å². The molecule has 1 amide bonds. The molecule has 0 bridgehead atoms. The molecule has 0 aliphatic carbocycles. The first kappa shape index (κ1) is 18.2. The summed E-state index contributed by atoms with van der Waals surface area (Å²) in [5, 5.41) is 4.00. The number of ether oxygens (including phenoxy) is 2. The quantitative estimate of drug-likeness (QED) is 0.868. The predicted molar refractivity (Wildman–Crippen MR) is 103 cm³/mol. The van der Waals surface area contributed by atoms with E-state index in [4.69, 9.17) is 21.1 Å². The van der Waals surface area contributed by atoms with Gasteiger partial charge in [-0.15, -0.1) is 0 Å². The van der Waals surface area contributed by atoms with E-state index in [-0.39, 0.29) is 5.91 Å². The number of carbonyl (C=O) groups excluding carboxylic acids is 1. The van der Waals surface area contributed by atoms with Crippen LogP contribution < -0.4 is 5.32 Å². The van der Waals surface area contributed by atoms with E-state index < -0.39 is 5.79 Å². The maximum Gasteiger partial charge on any atom is 0.255 e. The molecular formula is C20H22ClN3O3. The number of pyridine rings is 1. The van der Waals surface area contributed by atoms with E-state index >= 15 is 0 Å². The first-order valence-electron chi connectivity index (χ1n) is 9.10. The molecule has 0 unspecified atom stereocenters. The van der Waals surface area contributed by atoms with Crippen LogP contribution in [0.3, 0.4) is 0 Å². The van der Waals surface area contributed by atoms with Crippen LogP contribution in [0.25, 0.3) is 0 Å². The number of anilines is 2.